The van der Waals surface area contributed by atoms with Crippen LogP contribution in [0.2, 0.25) is 0 Å². The zero-order valence-electron chi connectivity index (χ0n) is 13.5. The first kappa shape index (κ1) is 16.0. The van der Waals surface area contributed by atoms with Gasteiger partial charge in [-0.1, -0.05) is 12.8 Å². The highest BCUT2D eigenvalue weighted by atomic mass is 16.2. The Kier molecular flexibility index (Phi) is 4.69. The van der Waals surface area contributed by atoms with Crippen molar-refractivity contribution in [2.45, 2.75) is 65.5 Å². The van der Waals surface area contributed by atoms with Gasteiger partial charge in [0.25, 0.3) is 0 Å². The molecule has 0 aromatic carbocycles. The van der Waals surface area contributed by atoms with Crippen LogP contribution in [-0.4, -0.2) is 46.1 Å². The Hall–Kier alpha value is -1.39. The van der Waals surface area contributed by atoms with Gasteiger partial charge in [0.15, 0.2) is 0 Å². The van der Waals surface area contributed by atoms with Crippen LogP contribution in [0.25, 0.3) is 0 Å². The van der Waals surface area contributed by atoms with Crippen LogP contribution in [0, 0.1) is 11.8 Å². The van der Waals surface area contributed by atoms with Gasteiger partial charge < -0.3 is 4.90 Å². The van der Waals surface area contributed by atoms with Crippen molar-refractivity contribution in [3.63, 3.8) is 0 Å². The summed E-state index contributed by atoms with van der Waals surface area (Å²) in [5.74, 6) is -0.757. The standard InChI is InChI=1S/C16H26N2O3/c1-10(2)18(11(3)4)14(19)9-17-15(20)12-7-5-6-8-13(12)16(17)21/h10-13H,5-9H2,1-4H3/t12-,13-/m1/s1. The van der Waals surface area contributed by atoms with E-state index >= 15 is 0 Å². The highest BCUT2D eigenvalue weighted by Crippen LogP contribution is 2.37. The van der Waals surface area contributed by atoms with Crippen molar-refractivity contribution in [2.24, 2.45) is 11.8 Å². The zero-order chi connectivity index (χ0) is 15.7. The van der Waals surface area contributed by atoms with Gasteiger partial charge in [0.05, 0.1) is 11.8 Å². The molecule has 0 spiro atoms. The molecule has 0 N–H and O–H groups in total. The second kappa shape index (κ2) is 6.16. The van der Waals surface area contributed by atoms with Gasteiger partial charge in [0.2, 0.25) is 17.7 Å². The summed E-state index contributed by atoms with van der Waals surface area (Å²) < 4.78 is 0. The molecule has 1 aliphatic carbocycles. The molecule has 2 aliphatic rings. The summed E-state index contributed by atoms with van der Waals surface area (Å²) in [6, 6.07) is 0.125. The van der Waals surface area contributed by atoms with Crippen molar-refractivity contribution in [3.8, 4) is 0 Å². The number of likely N-dealkylation sites (tertiary alicyclic amines) is 1. The molecule has 21 heavy (non-hydrogen) atoms. The van der Waals surface area contributed by atoms with E-state index < -0.39 is 0 Å². The molecular formula is C16H26N2O3. The maximum Gasteiger partial charge on any atom is 0.243 e. The third kappa shape index (κ3) is 2.97. The number of nitrogens with zero attached hydrogens (tertiary/aromatic N) is 2. The average molecular weight is 294 g/mol. The molecule has 2 fully saturated rings. The van der Waals surface area contributed by atoms with Crippen molar-refractivity contribution >= 4 is 17.7 Å². The quantitative estimate of drug-likeness (QED) is 0.743. The van der Waals surface area contributed by atoms with E-state index in [9.17, 15) is 14.4 Å². The van der Waals surface area contributed by atoms with E-state index in [-0.39, 0.29) is 48.2 Å². The van der Waals surface area contributed by atoms with Crippen LogP contribution in [0.3, 0.4) is 0 Å². The third-order valence-electron chi connectivity index (χ3n) is 4.63. The van der Waals surface area contributed by atoms with Gasteiger partial charge in [-0.25, -0.2) is 0 Å². The lowest BCUT2D eigenvalue weighted by Crippen LogP contribution is -2.48. The van der Waals surface area contributed by atoms with Crippen molar-refractivity contribution in [1.82, 2.24) is 9.80 Å². The summed E-state index contributed by atoms with van der Waals surface area (Å²) >= 11 is 0. The molecule has 0 bridgehead atoms. The number of rotatable bonds is 4. The number of amides is 3. The number of imide groups is 1. The van der Waals surface area contributed by atoms with Gasteiger partial charge >= 0.3 is 0 Å². The van der Waals surface area contributed by atoms with E-state index in [0.717, 1.165) is 25.7 Å². The minimum atomic E-state index is -0.175. The second-order valence-corrected chi connectivity index (χ2v) is 6.75. The summed E-state index contributed by atoms with van der Waals surface area (Å²) in [6.45, 7) is 7.70. The minimum absolute atomic E-state index is 0.0626. The summed E-state index contributed by atoms with van der Waals surface area (Å²) in [5.41, 5.74) is 0. The monoisotopic (exact) mass is 294 g/mol. The molecule has 2 atom stereocenters. The maximum absolute atomic E-state index is 12.5. The van der Waals surface area contributed by atoms with E-state index in [1.165, 1.54) is 4.90 Å². The van der Waals surface area contributed by atoms with Crippen LogP contribution in [-0.2, 0) is 14.4 Å². The molecule has 1 heterocycles. The molecule has 5 nitrogen and oxygen atoms in total. The molecule has 2 rings (SSSR count). The Bertz CT molecular complexity index is 413. The Morgan fingerprint density at radius 1 is 1.05 bits per heavy atom. The van der Waals surface area contributed by atoms with Crippen LogP contribution in [0.4, 0.5) is 0 Å². The topological polar surface area (TPSA) is 57.7 Å². The number of carbonyl (C=O) groups excluding carboxylic acids is 3. The first-order valence-electron chi connectivity index (χ1n) is 8.01. The Labute approximate surface area is 126 Å². The van der Waals surface area contributed by atoms with E-state index in [2.05, 4.69) is 0 Å². The second-order valence-electron chi connectivity index (χ2n) is 6.75. The van der Waals surface area contributed by atoms with Gasteiger partial charge in [-0.3, -0.25) is 19.3 Å². The summed E-state index contributed by atoms with van der Waals surface area (Å²) in [4.78, 5) is 40.2. The minimum Gasteiger partial charge on any atom is -0.336 e. The van der Waals surface area contributed by atoms with E-state index in [1.54, 1.807) is 4.90 Å². The smallest absolute Gasteiger partial charge is 0.243 e. The lowest BCUT2D eigenvalue weighted by atomic mass is 9.81. The highest BCUT2D eigenvalue weighted by molar-refractivity contribution is 6.07. The molecule has 1 saturated carbocycles. The molecule has 3 amide bonds. The summed E-state index contributed by atoms with van der Waals surface area (Å²) in [7, 11) is 0. The largest absolute Gasteiger partial charge is 0.336 e. The molecule has 0 radical (unpaired) electrons. The normalized spacial score (nSPS) is 25.7. The van der Waals surface area contributed by atoms with Crippen molar-refractivity contribution in [1.29, 1.82) is 0 Å². The number of hydrogen-bond donors (Lipinski definition) is 0. The number of fused-ring (bicyclic) bond motifs is 1. The van der Waals surface area contributed by atoms with Crippen LogP contribution < -0.4 is 0 Å². The van der Waals surface area contributed by atoms with Gasteiger partial charge in [-0.15, -0.1) is 0 Å². The fourth-order valence-corrected chi connectivity index (χ4v) is 3.78. The number of hydrogen-bond acceptors (Lipinski definition) is 3. The molecule has 1 aliphatic heterocycles. The molecule has 0 aromatic heterocycles. The average Bonchev–Trinajstić information content (AvgIpc) is 2.64. The van der Waals surface area contributed by atoms with Crippen molar-refractivity contribution in [3.05, 3.63) is 0 Å². The zero-order valence-corrected chi connectivity index (χ0v) is 13.5. The first-order chi connectivity index (χ1) is 9.84. The van der Waals surface area contributed by atoms with Gasteiger partial charge in [0, 0.05) is 12.1 Å². The predicted octanol–water partition coefficient (Wildman–Crippen LogP) is 1.81. The lowest BCUT2D eigenvalue weighted by molar-refractivity contribution is -0.148. The SMILES string of the molecule is CC(C)N(C(=O)CN1C(=O)[C@@H]2CCCC[C@H]2C1=O)C(C)C. The predicted molar refractivity (Wildman–Crippen MR) is 79.3 cm³/mol. The van der Waals surface area contributed by atoms with Crippen LogP contribution in [0.1, 0.15) is 53.4 Å². The van der Waals surface area contributed by atoms with Crippen molar-refractivity contribution in [2.75, 3.05) is 6.54 Å². The Morgan fingerprint density at radius 3 is 1.86 bits per heavy atom. The maximum atomic E-state index is 12.5. The van der Waals surface area contributed by atoms with Crippen LogP contribution >= 0.6 is 0 Å². The van der Waals surface area contributed by atoms with Gasteiger partial charge in [0.1, 0.15) is 6.54 Å². The number of carbonyl (C=O) groups is 3. The highest BCUT2D eigenvalue weighted by Gasteiger charge is 2.48. The van der Waals surface area contributed by atoms with Crippen LogP contribution in [0.5, 0.6) is 0 Å². The first-order valence-corrected chi connectivity index (χ1v) is 8.01. The third-order valence-corrected chi connectivity index (χ3v) is 4.63. The van der Waals surface area contributed by atoms with Gasteiger partial charge in [-0.05, 0) is 40.5 Å². The summed E-state index contributed by atoms with van der Waals surface area (Å²) in [5, 5.41) is 0. The molecule has 0 unspecified atom stereocenters. The molecule has 1 saturated heterocycles. The van der Waals surface area contributed by atoms with E-state index in [4.69, 9.17) is 0 Å². The Morgan fingerprint density at radius 2 is 1.48 bits per heavy atom. The fourth-order valence-electron chi connectivity index (χ4n) is 3.78. The molecule has 118 valence electrons. The Balaban J connectivity index is 2.10. The van der Waals surface area contributed by atoms with Gasteiger partial charge in [-0.2, -0.15) is 0 Å². The fraction of sp³-hybridized carbons (Fsp3) is 0.812. The lowest BCUT2D eigenvalue weighted by Gasteiger charge is -2.32. The van der Waals surface area contributed by atoms with Crippen molar-refractivity contribution < 1.29 is 14.4 Å². The molecular weight excluding hydrogens is 268 g/mol. The molecule has 0 aromatic rings. The summed E-state index contributed by atoms with van der Waals surface area (Å²) in [6.07, 6.45) is 3.59. The van der Waals surface area contributed by atoms with E-state index in [0.29, 0.717) is 0 Å². The van der Waals surface area contributed by atoms with E-state index in [1.807, 2.05) is 27.7 Å². The van der Waals surface area contributed by atoms with Crippen LogP contribution in [0.15, 0.2) is 0 Å². The molecule has 5 heteroatoms.